The highest BCUT2D eigenvalue weighted by atomic mass is 79.9. The second-order valence-electron chi connectivity index (χ2n) is 2.70. The first-order valence-electron chi connectivity index (χ1n) is 4.11. The lowest BCUT2D eigenvalue weighted by Gasteiger charge is -2.11. The van der Waals surface area contributed by atoms with Gasteiger partial charge in [-0.2, -0.15) is 0 Å². The highest BCUT2D eigenvalue weighted by Gasteiger charge is 2.25. The fourth-order valence-electron chi connectivity index (χ4n) is 1.09. The van der Waals surface area contributed by atoms with E-state index in [1.165, 1.54) is 13.3 Å². The van der Waals surface area contributed by atoms with Gasteiger partial charge in [-0.15, -0.1) is 0 Å². The van der Waals surface area contributed by atoms with E-state index in [0.29, 0.717) is 0 Å². The smallest absolute Gasteiger partial charge is 0.357 e. The van der Waals surface area contributed by atoms with E-state index < -0.39 is 23.7 Å². The van der Waals surface area contributed by atoms with Crippen molar-refractivity contribution < 1.29 is 23.0 Å². The van der Waals surface area contributed by atoms with Gasteiger partial charge in [0.15, 0.2) is 11.4 Å². The van der Waals surface area contributed by atoms with Crippen LogP contribution in [0.4, 0.5) is 8.78 Å². The Morgan fingerprint density at radius 2 is 2.12 bits per heavy atom. The van der Waals surface area contributed by atoms with Gasteiger partial charge in [-0.05, 0) is 15.9 Å². The number of nitrogens with zero attached hydrogens (tertiary/aromatic N) is 1. The lowest BCUT2D eigenvalue weighted by molar-refractivity contribution is 0.0581. The van der Waals surface area contributed by atoms with Crippen molar-refractivity contribution in [1.82, 2.24) is 4.98 Å². The van der Waals surface area contributed by atoms with Crippen molar-refractivity contribution >= 4 is 21.9 Å². The normalized spacial score (nSPS) is 10.4. The van der Waals surface area contributed by atoms with Crippen LogP contribution in [0.25, 0.3) is 0 Å². The van der Waals surface area contributed by atoms with Gasteiger partial charge in [0.05, 0.1) is 30.5 Å². The Morgan fingerprint density at radius 1 is 1.50 bits per heavy atom. The average Bonchev–Trinajstić information content (AvgIpc) is 2.26. The first-order valence-corrected chi connectivity index (χ1v) is 4.91. The summed E-state index contributed by atoms with van der Waals surface area (Å²) in [5.74, 6) is -0.790. The molecule has 0 unspecified atom stereocenters. The van der Waals surface area contributed by atoms with E-state index in [-0.39, 0.29) is 10.2 Å². The molecule has 88 valence electrons. The number of methoxy groups -OCH3 is 2. The summed E-state index contributed by atoms with van der Waals surface area (Å²) in [7, 11) is 2.41. The summed E-state index contributed by atoms with van der Waals surface area (Å²) in [6.07, 6.45) is -1.69. The molecule has 0 saturated carbocycles. The lowest BCUT2D eigenvalue weighted by atomic mass is 10.2. The minimum absolute atomic E-state index is 0.000370. The van der Waals surface area contributed by atoms with E-state index in [0.717, 1.165) is 7.11 Å². The topological polar surface area (TPSA) is 48.4 Å². The van der Waals surface area contributed by atoms with Gasteiger partial charge >= 0.3 is 5.97 Å². The maximum absolute atomic E-state index is 12.8. The number of ether oxygens (including phenoxy) is 2. The Balaban J connectivity index is 3.40. The minimum atomic E-state index is -2.86. The average molecular weight is 296 g/mol. The molecule has 16 heavy (non-hydrogen) atoms. The number of rotatable bonds is 3. The molecule has 0 atom stereocenters. The van der Waals surface area contributed by atoms with Gasteiger partial charge in [-0.25, -0.2) is 18.6 Å². The van der Waals surface area contributed by atoms with E-state index in [1.54, 1.807) is 0 Å². The lowest BCUT2D eigenvalue weighted by Crippen LogP contribution is -2.10. The molecule has 1 heterocycles. The fourth-order valence-corrected chi connectivity index (χ4v) is 1.71. The van der Waals surface area contributed by atoms with Crippen molar-refractivity contribution in [3.8, 4) is 5.75 Å². The van der Waals surface area contributed by atoms with Crippen LogP contribution in [0.2, 0.25) is 0 Å². The zero-order chi connectivity index (χ0) is 12.3. The molecule has 1 rings (SSSR count). The molecule has 0 spiro atoms. The second-order valence-corrected chi connectivity index (χ2v) is 3.49. The van der Waals surface area contributed by atoms with E-state index in [4.69, 9.17) is 4.74 Å². The summed E-state index contributed by atoms with van der Waals surface area (Å²) in [6, 6.07) is 0. The highest BCUT2D eigenvalue weighted by molar-refractivity contribution is 9.10. The third kappa shape index (κ3) is 2.29. The molecule has 0 saturated heterocycles. The second kappa shape index (κ2) is 5.20. The van der Waals surface area contributed by atoms with E-state index in [2.05, 4.69) is 25.7 Å². The maximum atomic E-state index is 12.8. The predicted octanol–water partition coefficient (Wildman–Crippen LogP) is 2.58. The van der Waals surface area contributed by atoms with Crippen LogP contribution in [0.1, 0.15) is 22.5 Å². The van der Waals surface area contributed by atoms with Crippen LogP contribution < -0.4 is 4.74 Å². The summed E-state index contributed by atoms with van der Waals surface area (Å²) in [6.45, 7) is 0. The third-order valence-electron chi connectivity index (χ3n) is 1.84. The molecule has 0 aliphatic rings. The summed E-state index contributed by atoms with van der Waals surface area (Å²) in [5.41, 5.74) is -0.962. The fraction of sp³-hybridized carbons (Fsp3) is 0.333. The number of halogens is 3. The van der Waals surface area contributed by atoms with Gasteiger partial charge < -0.3 is 9.47 Å². The molecule has 0 fully saturated rings. The molecule has 7 heteroatoms. The first-order chi connectivity index (χ1) is 7.52. The largest absolute Gasteiger partial charge is 0.494 e. The molecule has 0 aliphatic carbocycles. The zero-order valence-electron chi connectivity index (χ0n) is 8.46. The molecule has 0 amide bonds. The number of esters is 1. The Hall–Kier alpha value is -1.24. The van der Waals surface area contributed by atoms with Crippen molar-refractivity contribution in [2.45, 2.75) is 6.43 Å². The number of hydrogen-bond acceptors (Lipinski definition) is 4. The van der Waals surface area contributed by atoms with Gasteiger partial charge in [0.25, 0.3) is 6.43 Å². The van der Waals surface area contributed by atoms with Gasteiger partial charge in [0.2, 0.25) is 0 Å². The third-order valence-corrected chi connectivity index (χ3v) is 2.65. The van der Waals surface area contributed by atoms with Crippen molar-refractivity contribution in [1.29, 1.82) is 0 Å². The first kappa shape index (κ1) is 12.8. The summed E-state index contributed by atoms with van der Waals surface area (Å²) in [4.78, 5) is 14.8. The standard InChI is InChI=1S/C9H8BrF2NO3/c1-15-4-3-13-7(9(14)16-2)5(6(4)10)8(11)12/h3,8H,1-2H3. The van der Waals surface area contributed by atoms with Crippen molar-refractivity contribution in [2.24, 2.45) is 0 Å². The van der Waals surface area contributed by atoms with Crippen molar-refractivity contribution in [3.63, 3.8) is 0 Å². The van der Waals surface area contributed by atoms with Crippen LogP contribution in [-0.2, 0) is 4.74 Å². The van der Waals surface area contributed by atoms with Gasteiger partial charge in [0, 0.05) is 0 Å². The van der Waals surface area contributed by atoms with Crippen LogP contribution in [-0.4, -0.2) is 25.2 Å². The van der Waals surface area contributed by atoms with Crippen LogP contribution in [0.5, 0.6) is 5.75 Å². The number of pyridine rings is 1. The number of carbonyl (C=O) groups excluding carboxylic acids is 1. The van der Waals surface area contributed by atoms with Crippen molar-refractivity contribution in [2.75, 3.05) is 14.2 Å². The van der Waals surface area contributed by atoms with Crippen LogP contribution in [0.15, 0.2) is 10.7 Å². The molecule has 1 aromatic heterocycles. The van der Waals surface area contributed by atoms with E-state index >= 15 is 0 Å². The zero-order valence-corrected chi connectivity index (χ0v) is 10.0. The number of carbonyl (C=O) groups is 1. The Morgan fingerprint density at radius 3 is 2.56 bits per heavy atom. The van der Waals surface area contributed by atoms with Crippen LogP contribution in [0.3, 0.4) is 0 Å². The SMILES string of the molecule is COC(=O)c1ncc(OC)c(Br)c1C(F)F. The Bertz CT molecular complexity index is 412. The molecule has 0 bridgehead atoms. The number of aromatic nitrogens is 1. The van der Waals surface area contributed by atoms with Gasteiger partial charge in [0.1, 0.15) is 0 Å². The molecule has 0 radical (unpaired) electrons. The molecule has 4 nitrogen and oxygen atoms in total. The quantitative estimate of drug-likeness (QED) is 0.804. The summed E-state index contributed by atoms with van der Waals surface area (Å²) >= 11 is 2.94. The van der Waals surface area contributed by atoms with E-state index in [1.807, 2.05) is 0 Å². The highest BCUT2D eigenvalue weighted by Crippen LogP contribution is 2.36. The van der Waals surface area contributed by atoms with Crippen LogP contribution in [0, 0.1) is 0 Å². The monoisotopic (exact) mass is 295 g/mol. The number of alkyl halides is 2. The van der Waals surface area contributed by atoms with Crippen molar-refractivity contribution in [3.05, 3.63) is 21.9 Å². The molecule has 1 aromatic rings. The van der Waals surface area contributed by atoms with E-state index in [9.17, 15) is 13.6 Å². The Labute approximate surface area is 98.7 Å². The minimum Gasteiger partial charge on any atom is -0.494 e. The van der Waals surface area contributed by atoms with Crippen LogP contribution >= 0.6 is 15.9 Å². The Kier molecular flexibility index (Phi) is 4.17. The van der Waals surface area contributed by atoms with Gasteiger partial charge in [-0.3, -0.25) is 0 Å². The molecule has 0 aliphatic heterocycles. The predicted molar refractivity (Wildman–Crippen MR) is 54.8 cm³/mol. The molecular weight excluding hydrogens is 288 g/mol. The molecular formula is C9H8BrF2NO3. The number of hydrogen-bond donors (Lipinski definition) is 0. The summed E-state index contributed by atoms with van der Waals surface area (Å²) in [5, 5.41) is 0. The molecule has 0 N–H and O–H groups in total. The summed E-state index contributed by atoms with van der Waals surface area (Å²) < 4.78 is 34.7. The van der Waals surface area contributed by atoms with Gasteiger partial charge in [-0.1, -0.05) is 0 Å². The maximum Gasteiger partial charge on any atom is 0.357 e. The molecule has 0 aromatic carbocycles.